The molecule has 0 aromatic carbocycles. The molecule has 3 rings (SSSR count). The zero-order valence-corrected chi connectivity index (χ0v) is 10.7. The number of hydrogen-bond acceptors (Lipinski definition) is 2. The zero-order valence-electron chi connectivity index (χ0n) is 9.93. The Morgan fingerprint density at radius 2 is 2.35 bits per heavy atom. The van der Waals surface area contributed by atoms with Gasteiger partial charge in [0.25, 0.3) is 0 Å². The molecule has 4 heteroatoms. The maximum Gasteiger partial charge on any atom is 0.125 e. The van der Waals surface area contributed by atoms with Gasteiger partial charge in [-0.05, 0) is 31.7 Å². The minimum absolute atomic E-state index is 0.464. The number of nitrogens with zero attached hydrogens (tertiary/aromatic N) is 3. The van der Waals surface area contributed by atoms with Crippen molar-refractivity contribution in [2.45, 2.75) is 38.1 Å². The van der Waals surface area contributed by atoms with Gasteiger partial charge in [0.05, 0.1) is 17.6 Å². The van der Waals surface area contributed by atoms with Crippen molar-refractivity contribution in [1.29, 1.82) is 0 Å². The molecule has 1 atom stereocenters. The Hall–Kier alpha value is -1.09. The van der Waals surface area contributed by atoms with E-state index in [0.29, 0.717) is 11.9 Å². The fourth-order valence-electron chi connectivity index (χ4n) is 2.68. The van der Waals surface area contributed by atoms with E-state index in [9.17, 15) is 0 Å². The van der Waals surface area contributed by atoms with E-state index in [1.54, 1.807) is 0 Å². The Morgan fingerprint density at radius 3 is 3.00 bits per heavy atom. The molecule has 0 amide bonds. The van der Waals surface area contributed by atoms with Crippen LogP contribution >= 0.6 is 11.6 Å². The number of imidazole rings is 1. The highest BCUT2D eigenvalue weighted by Gasteiger charge is 2.27. The molecule has 0 bridgehead atoms. The van der Waals surface area contributed by atoms with Gasteiger partial charge >= 0.3 is 0 Å². The molecule has 0 saturated heterocycles. The Bertz CT molecular complexity index is 530. The Labute approximate surface area is 106 Å². The Morgan fingerprint density at radius 1 is 1.53 bits per heavy atom. The summed E-state index contributed by atoms with van der Waals surface area (Å²) in [6, 6.07) is 2.53. The number of alkyl halides is 1. The summed E-state index contributed by atoms with van der Waals surface area (Å²) in [6.07, 6.45) is 7.65. The molecule has 2 aromatic rings. The molecule has 2 heterocycles. The molecule has 0 N–H and O–H groups in total. The van der Waals surface area contributed by atoms with Crippen molar-refractivity contribution in [2.75, 3.05) is 0 Å². The molecule has 2 aromatic heterocycles. The molecule has 1 aliphatic carbocycles. The highest BCUT2D eigenvalue weighted by Crippen LogP contribution is 2.38. The van der Waals surface area contributed by atoms with Crippen LogP contribution in [0.3, 0.4) is 0 Å². The van der Waals surface area contributed by atoms with E-state index in [-0.39, 0.29) is 0 Å². The van der Waals surface area contributed by atoms with Crippen molar-refractivity contribution in [1.82, 2.24) is 14.5 Å². The van der Waals surface area contributed by atoms with Gasteiger partial charge in [0.2, 0.25) is 0 Å². The Balaban J connectivity index is 2.11. The normalized spacial score (nSPS) is 18.2. The van der Waals surface area contributed by atoms with Crippen LogP contribution in [0.25, 0.3) is 11.0 Å². The van der Waals surface area contributed by atoms with Gasteiger partial charge in [-0.15, -0.1) is 11.6 Å². The SMILES string of the molecule is CC(C1CCC1)n1c(CCl)nc2cnccc21. The molecule has 0 radical (unpaired) electrons. The average molecular weight is 250 g/mol. The summed E-state index contributed by atoms with van der Waals surface area (Å²) in [5.41, 5.74) is 2.12. The summed E-state index contributed by atoms with van der Waals surface area (Å²) in [6.45, 7) is 2.28. The molecule has 1 aliphatic rings. The van der Waals surface area contributed by atoms with Crippen LogP contribution in [-0.2, 0) is 5.88 Å². The Kier molecular flexibility index (Phi) is 2.79. The van der Waals surface area contributed by atoms with Gasteiger partial charge in [0, 0.05) is 12.2 Å². The summed E-state index contributed by atoms with van der Waals surface area (Å²) >= 11 is 6.01. The summed E-state index contributed by atoms with van der Waals surface area (Å²) < 4.78 is 2.30. The zero-order chi connectivity index (χ0) is 11.8. The van der Waals surface area contributed by atoms with Crippen LogP contribution in [0.1, 0.15) is 38.1 Å². The molecule has 1 saturated carbocycles. The monoisotopic (exact) mass is 249 g/mol. The standard InChI is InChI=1S/C13H16ClN3/c1-9(10-3-2-4-10)17-12-5-6-15-8-11(12)16-13(17)7-14/h5-6,8-10H,2-4,7H2,1H3. The van der Waals surface area contributed by atoms with Crippen LogP contribution in [0.2, 0.25) is 0 Å². The van der Waals surface area contributed by atoms with E-state index in [1.165, 1.54) is 19.3 Å². The molecule has 1 unspecified atom stereocenters. The first-order valence-corrected chi connectivity index (χ1v) is 6.71. The molecule has 1 fully saturated rings. The molecule has 0 aliphatic heterocycles. The third kappa shape index (κ3) is 1.73. The van der Waals surface area contributed by atoms with E-state index in [4.69, 9.17) is 11.6 Å². The summed E-state index contributed by atoms with van der Waals surface area (Å²) in [4.78, 5) is 8.68. The van der Waals surface area contributed by atoms with Crippen LogP contribution < -0.4 is 0 Å². The fraction of sp³-hybridized carbons (Fsp3) is 0.538. The average Bonchev–Trinajstić information content (AvgIpc) is 2.64. The number of pyridine rings is 1. The lowest BCUT2D eigenvalue weighted by atomic mass is 9.80. The van der Waals surface area contributed by atoms with E-state index >= 15 is 0 Å². The first kappa shape index (κ1) is 11.0. The summed E-state index contributed by atoms with van der Waals surface area (Å²) in [7, 11) is 0. The maximum atomic E-state index is 6.01. The van der Waals surface area contributed by atoms with Crippen molar-refractivity contribution in [3.05, 3.63) is 24.3 Å². The van der Waals surface area contributed by atoms with E-state index in [2.05, 4.69) is 21.5 Å². The first-order valence-electron chi connectivity index (χ1n) is 6.18. The first-order chi connectivity index (χ1) is 8.31. The van der Waals surface area contributed by atoms with Crippen molar-refractivity contribution in [2.24, 2.45) is 5.92 Å². The van der Waals surface area contributed by atoms with Gasteiger partial charge in [-0.3, -0.25) is 4.98 Å². The van der Waals surface area contributed by atoms with E-state index in [1.807, 2.05) is 18.5 Å². The van der Waals surface area contributed by atoms with Gasteiger partial charge in [-0.2, -0.15) is 0 Å². The molecule has 17 heavy (non-hydrogen) atoms. The number of halogens is 1. The van der Waals surface area contributed by atoms with Crippen LogP contribution in [0, 0.1) is 5.92 Å². The lowest BCUT2D eigenvalue weighted by Crippen LogP contribution is -2.23. The van der Waals surface area contributed by atoms with Crippen LogP contribution in [0.5, 0.6) is 0 Å². The molecule has 3 nitrogen and oxygen atoms in total. The number of aromatic nitrogens is 3. The van der Waals surface area contributed by atoms with Gasteiger partial charge in [-0.25, -0.2) is 4.98 Å². The van der Waals surface area contributed by atoms with Crippen LogP contribution in [-0.4, -0.2) is 14.5 Å². The molecule has 0 spiro atoms. The summed E-state index contributed by atoms with van der Waals surface area (Å²) in [5.74, 6) is 2.21. The molecular weight excluding hydrogens is 234 g/mol. The fourth-order valence-corrected chi connectivity index (χ4v) is 2.87. The topological polar surface area (TPSA) is 30.7 Å². The minimum atomic E-state index is 0.464. The predicted molar refractivity (Wildman–Crippen MR) is 69.1 cm³/mol. The van der Waals surface area contributed by atoms with E-state index in [0.717, 1.165) is 22.8 Å². The minimum Gasteiger partial charge on any atom is -0.324 e. The second kappa shape index (κ2) is 4.30. The lowest BCUT2D eigenvalue weighted by molar-refractivity contribution is 0.223. The highest BCUT2D eigenvalue weighted by molar-refractivity contribution is 6.16. The van der Waals surface area contributed by atoms with Crippen molar-refractivity contribution in [3.8, 4) is 0 Å². The van der Waals surface area contributed by atoms with Crippen molar-refractivity contribution >= 4 is 22.6 Å². The number of rotatable bonds is 3. The van der Waals surface area contributed by atoms with Gasteiger partial charge in [0.15, 0.2) is 0 Å². The predicted octanol–water partition coefficient (Wildman–Crippen LogP) is 3.53. The van der Waals surface area contributed by atoms with Crippen LogP contribution in [0.4, 0.5) is 0 Å². The van der Waals surface area contributed by atoms with Gasteiger partial charge in [0.1, 0.15) is 11.3 Å². The van der Waals surface area contributed by atoms with Gasteiger partial charge in [-0.1, -0.05) is 6.42 Å². The van der Waals surface area contributed by atoms with Gasteiger partial charge < -0.3 is 4.57 Å². The lowest BCUT2D eigenvalue weighted by Gasteiger charge is -2.33. The van der Waals surface area contributed by atoms with Crippen molar-refractivity contribution in [3.63, 3.8) is 0 Å². The van der Waals surface area contributed by atoms with Crippen LogP contribution in [0.15, 0.2) is 18.5 Å². The quantitative estimate of drug-likeness (QED) is 0.779. The third-order valence-electron chi connectivity index (χ3n) is 3.92. The second-order valence-electron chi connectivity index (χ2n) is 4.83. The number of fused-ring (bicyclic) bond motifs is 1. The van der Waals surface area contributed by atoms with Crippen molar-refractivity contribution < 1.29 is 0 Å². The smallest absolute Gasteiger partial charge is 0.125 e. The second-order valence-corrected chi connectivity index (χ2v) is 5.09. The highest BCUT2D eigenvalue weighted by atomic mass is 35.5. The largest absolute Gasteiger partial charge is 0.324 e. The third-order valence-corrected chi connectivity index (χ3v) is 4.16. The maximum absolute atomic E-state index is 6.01. The molecule has 90 valence electrons. The summed E-state index contributed by atoms with van der Waals surface area (Å²) in [5, 5.41) is 0. The number of hydrogen-bond donors (Lipinski definition) is 0. The van der Waals surface area contributed by atoms with E-state index < -0.39 is 0 Å². The molecular formula is C13H16ClN3.